The maximum Gasteiger partial charge on any atom is 0.199 e. The largest absolute Gasteiger partial charge is 0.222 e. The molecule has 0 radical (unpaired) electrons. The lowest BCUT2D eigenvalue weighted by atomic mass is 9.97. The fourth-order valence-corrected chi connectivity index (χ4v) is 18.4. The molecule has 8 heteroatoms. The average Bonchev–Trinajstić information content (AvgIpc) is 2.99. The van der Waals surface area contributed by atoms with Crippen LogP contribution < -0.4 is 0 Å². The summed E-state index contributed by atoms with van der Waals surface area (Å²) < 4.78 is 0. The summed E-state index contributed by atoms with van der Waals surface area (Å²) in [6.45, 7) is 27.7. The highest BCUT2D eigenvalue weighted by Crippen LogP contribution is 2.42. The van der Waals surface area contributed by atoms with Gasteiger partial charge in [0, 0.05) is 10.8 Å². The molecule has 0 saturated carbocycles. The van der Waals surface area contributed by atoms with Crippen molar-refractivity contribution in [1.29, 1.82) is 10.5 Å². The average molecular weight is 643 g/mol. The van der Waals surface area contributed by atoms with Gasteiger partial charge in [-0.3, -0.25) is 0 Å². The zero-order chi connectivity index (χ0) is 34.1. The van der Waals surface area contributed by atoms with Crippen molar-refractivity contribution < 1.29 is 0 Å². The molecule has 0 spiro atoms. The van der Waals surface area contributed by atoms with Crippen LogP contribution in [0.1, 0.15) is 106 Å². The summed E-state index contributed by atoms with van der Waals surface area (Å²) in [5.41, 5.74) is 13.7. The van der Waals surface area contributed by atoms with Gasteiger partial charge in [-0.1, -0.05) is 119 Å². The number of aromatic nitrogens is 4. The third-order valence-corrected chi connectivity index (χ3v) is 22.8. The Balaban J connectivity index is 2.27. The summed E-state index contributed by atoms with van der Waals surface area (Å²) in [5, 5.41) is 21.3. The van der Waals surface area contributed by atoms with Gasteiger partial charge >= 0.3 is 0 Å². The Morgan fingerprint density at radius 2 is 0.804 bits per heavy atom. The Bertz CT molecular complexity index is 1830. The van der Waals surface area contributed by atoms with E-state index in [0.29, 0.717) is 44.3 Å². The summed E-state index contributed by atoms with van der Waals surface area (Å²) in [6, 6.07) is 12.2. The molecule has 2 heterocycles. The number of hydrogen-bond acceptors (Lipinski definition) is 6. The van der Waals surface area contributed by atoms with Crippen LogP contribution >= 0.6 is 0 Å². The minimum atomic E-state index is -2.10. The van der Waals surface area contributed by atoms with E-state index in [4.69, 9.17) is 9.97 Å². The lowest BCUT2D eigenvalue weighted by Gasteiger charge is -2.38. The van der Waals surface area contributed by atoms with Crippen molar-refractivity contribution in [2.75, 3.05) is 0 Å². The van der Waals surface area contributed by atoms with Crippen LogP contribution in [0.3, 0.4) is 0 Å². The second-order valence-electron chi connectivity index (χ2n) is 14.3. The van der Waals surface area contributed by atoms with Crippen molar-refractivity contribution in [3.8, 4) is 35.1 Å². The zero-order valence-electron chi connectivity index (χ0n) is 29.5. The van der Waals surface area contributed by atoms with Crippen molar-refractivity contribution in [3.63, 3.8) is 0 Å². The minimum absolute atomic E-state index is 0.0653. The fraction of sp³-hybridized carbons (Fsp3) is 0.474. The standard InChI is InChI=1S/C38H46N6Si2/c1-23(2)45(24(3)4,25(5)6)19-17-31-29-15-13-14-16-30(29)32(18-20-46(26(7)8,27(9)10)28(11)12)36-35(31)43-37-38(44-36)42-34(22-40)33(21-39)41-37/h13-16,23-28H,1-12H3. The molecule has 0 fully saturated rings. The van der Waals surface area contributed by atoms with Crippen molar-refractivity contribution in [2.24, 2.45) is 0 Å². The smallest absolute Gasteiger partial charge is 0.199 e. The molecule has 0 bridgehead atoms. The Hall–Kier alpha value is -4.09. The van der Waals surface area contributed by atoms with E-state index < -0.39 is 16.1 Å². The first-order valence-electron chi connectivity index (χ1n) is 16.5. The fourth-order valence-electron chi connectivity index (χ4n) is 8.02. The van der Waals surface area contributed by atoms with E-state index >= 15 is 0 Å². The number of benzene rings is 2. The molecule has 2 aromatic carbocycles. The van der Waals surface area contributed by atoms with E-state index in [2.05, 4.69) is 128 Å². The SMILES string of the molecule is CC(C)[Si](C#Cc1c2ccccc2c(C#C[Si](C(C)C)(C(C)C)C(C)C)c2nc3nc(C#N)c(C#N)nc3nc12)(C(C)C)C(C)C. The predicted octanol–water partition coefficient (Wildman–Crippen LogP) is 9.61. The molecule has 0 atom stereocenters. The van der Waals surface area contributed by atoms with Crippen LogP contribution in [0.4, 0.5) is 0 Å². The van der Waals surface area contributed by atoms with Gasteiger partial charge in [0.2, 0.25) is 0 Å². The third-order valence-electron chi connectivity index (χ3n) is 10.2. The summed E-state index contributed by atoms with van der Waals surface area (Å²) in [5.74, 6) is 7.38. The van der Waals surface area contributed by atoms with Crippen LogP contribution in [0.2, 0.25) is 33.2 Å². The Kier molecular flexibility index (Phi) is 10.1. The van der Waals surface area contributed by atoms with E-state index in [-0.39, 0.29) is 22.7 Å². The van der Waals surface area contributed by atoms with E-state index in [1.165, 1.54) is 0 Å². The first-order chi connectivity index (χ1) is 21.7. The first-order valence-corrected chi connectivity index (χ1v) is 20.9. The van der Waals surface area contributed by atoms with E-state index in [0.717, 1.165) is 21.9 Å². The molecule has 2 aromatic heterocycles. The number of nitriles is 2. The van der Waals surface area contributed by atoms with Crippen LogP contribution in [0.25, 0.3) is 33.1 Å². The summed E-state index contributed by atoms with van der Waals surface area (Å²) >= 11 is 0. The lowest BCUT2D eigenvalue weighted by molar-refractivity contribution is 0.838. The van der Waals surface area contributed by atoms with Gasteiger partial charge in [-0.25, -0.2) is 19.9 Å². The zero-order valence-corrected chi connectivity index (χ0v) is 31.5. The van der Waals surface area contributed by atoms with Crippen molar-refractivity contribution in [1.82, 2.24) is 19.9 Å². The van der Waals surface area contributed by atoms with Crippen molar-refractivity contribution in [3.05, 3.63) is 46.8 Å². The highest BCUT2D eigenvalue weighted by molar-refractivity contribution is 6.91. The topological polar surface area (TPSA) is 99.1 Å². The molecule has 0 aliphatic carbocycles. The highest BCUT2D eigenvalue weighted by atomic mass is 28.3. The Morgan fingerprint density at radius 1 is 0.500 bits per heavy atom. The van der Waals surface area contributed by atoms with E-state index in [9.17, 15) is 10.5 Å². The molecule has 236 valence electrons. The molecule has 4 rings (SSSR count). The van der Waals surface area contributed by atoms with Gasteiger partial charge in [0.15, 0.2) is 22.7 Å². The molecule has 46 heavy (non-hydrogen) atoms. The summed E-state index contributed by atoms with van der Waals surface area (Å²) in [7, 11) is -4.19. The molecule has 0 unspecified atom stereocenters. The van der Waals surface area contributed by atoms with Crippen LogP contribution in [0.15, 0.2) is 24.3 Å². The van der Waals surface area contributed by atoms with E-state index in [1.54, 1.807) is 0 Å². The molecule has 0 N–H and O–H groups in total. The summed E-state index contributed by atoms with van der Waals surface area (Å²) in [4.78, 5) is 18.9. The monoisotopic (exact) mass is 642 g/mol. The number of rotatable bonds is 6. The first kappa shape index (κ1) is 34.8. The van der Waals surface area contributed by atoms with Gasteiger partial charge in [0.1, 0.15) is 39.3 Å². The lowest BCUT2D eigenvalue weighted by Crippen LogP contribution is -2.43. The maximum atomic E-state index is 9.69. The minimum Gasteiger partial charge on any atom is -0.222 e. The van der Waals surface area contributed by atoms with Gasteiger partial charge in [-0.2, -0.15) is 10.5 Å². The third kappa shape index (κ3) is 5.71. The molecule has 0 aliphatic heterocycles. The normalized spacial score (nSPS) is 12.3. The highest BCUT2D eigenvalue weighted by Gasteiger charge is 2.43. The van der Waals surface area contributed by atoms with Gasteiger partial charge in [-0.15, -0.1) is 11.1 Å². The second-order valence-corrected chi connectivity index (χ2v) is 25.5. The van der Waals surface area contributed by atoms with Gasteiger partial charge in [0.05, 0.1) is 11.1 Å². The second kappa shape index (κ2) is 13.3. The van der Waals surface area contributed by atoms with Crippen LogP contribution in [-0.4, -0.2) is 36.1 Å². The van der Waals surface area contributed by atoms with Gasteiger partial charge in [0.25, 0.3) is 0 Å². The number of fused-ring (bicyclic) bond motifs is 3. The summed E-state index contributed by atoms with van der Waals surface area (Å²) in [6.07, 6.45) is 0. The van der Waals surface area contributed by atoms with Crippen LogP contribution in [-0.2, 0) is 0 Å². The Morgan fingerprint density at radius 3 is 1.07 bits per heavy atom. The van der Waals surface area contributed by atoms with Gasteiger partial charge in [-0.05, 0) is 33.2 Å². The van der Waals surface area contributed by atoms with Crippen molar-refractivity contribution >= 4 is 49.2 Å². The molecule has 0 saturated heterocycles. The molecule has 0 amide bonds. The molecular formula is C38H46N6Si2. The predicted molar refractivity (Wildman–Crippen MR) is 195 cm³/mol. The van der Waals surface area contributed by atoms with Gasteiger partial charge < -0.3 is 0 Å². The number of nitrogens with zero attached hydrogens (tertiary/aromatic N) is 6. The van der Waals surface area contributed by atoms with Crippen molar-refractivity contribution in [2.45, 2.75) is 116 Å². The quantitative estimate of drug-likeness (QED) is 0.118. The molecule has 4 aromatic rings. The van der Waals surface area contributed by atoms with E-state index in [1.807, 2.05) is 24.3 Å². The molecule has 0 aliphatic rings. The maximum absolute atomic E-state index is 9.69. The Labute approximate surface area is 277 Å². The van der Waals surface area contributed by atoms with Crippen LogP contribution in [0.5, 0.6) is 0 Å². The molecular weight excluding hydrogens is 597 g/mol. The number of hydrogen-bond donors (Lipinski definition) is 0. The van der Waals surface area contributed by atoms with Crippen LogP contribution in [0, 0.1) is 45.6 Å². The molecule has 6 nitrogen and oxygen atoms in total.